The lowest BCUT2D eigenvalue weighted by molar-refractivity contribution is -0.138. The third kappa shape index (κ3) is 2.28. The lowest BCUT2D eigenvalue weighted by Gasteiger charge is -2.22. The summed E-state index contributed by atoms with van der Waals surface area (Å²) in [5.74, 6) is -0.363. The van der Waals surface area contributed by atoms with Crippen molar-refractivity contribution < 1.29 is 9.90 Å². The van der Waals surface area contributed by atoms with Gasteiger partial charge in [0.15, 0.2) is 0 Å². The summed E-state index contributed by atoms with van der Waals surface area (Å²) in [5, 5.41) is 17.6. The van der Waals surface area contributed by atoms with E-state index in [-0.39, 0.29) is 0 Å². The standard InChI is InChI=1S/C11H13N3O2/c1-7-9(6-12)4-5-10(13-7)14(3)8(2)11(15)16/h4-5,8H,1-3H3,(H,15,16). The first-order valence-corrected chi connectivity index (χ1v) is 4.80. The van der Waals surface area contributed by atoms with E-state index in [0.717, 1.165) is 0 Å². The molecule has 1 rings (SSSR count). The zero-order chi connectivity index (χ0) is 12.3. The normalized spacial score (nSPS) is 11.6. The van der Waals surface area contributed by atoms with Gasteiger partial charge in [-0.05, 0) is 26.0 Å². The molecule has 1 unspecified atom stereocenters. The van der Waals surface area contributed by atoms with Crippen LogP contribution < -0.4 is 4.90 Å². The largest absolute Gasteiger partial charge is 0.480 e. The number of carboxylic acid groups (broad SMARTS) is 1. The Hall–Kier alpha value is -2.09. The highest BCUT2D eigenvalue weighted by Crippen LogP contribution is 2.15. The second kappa shape index (κ2) is 4.62. The monoisotopic (exact) mass is 219 g/mol. The molecule has 0 saturated carbocycles. The first-order valence-electron chi connectivity index (χ1n) is 4.80. The number of pyridine rings is 1. The molecular weight excluding hydrogens is 206 g/mol. The van der Waals surface area contributed by atoms with Crippen LogP contribution >= 0.6 is 0 Å². The van der Waals surface area contributed by atoms with Gasteiger partial charge in [-0.1, -0.05) is 0 Å². The van der Waals surface area contributed by atoms with Gasteiger partial charge >= 0.3 is 5.97 Å². The Balaban J connectivity index is 3.02. The lowest BCUT2D eigenvalue weighted by atomic mass is 10.2. The van der Waals surface area contributed by atoms with Gasteiger partial charge in [0.25, 0.3) is 0 Å². The van der Waals surface area contributed by atoms with Gasteiger partial charge in [-0.2, -0.15) is 5.26 Å². The molecule has 1 atom stereocenters. The van der Waals surface area contributed by atoms with Gasteiger partial charge in [0, 0.05) is 7.05 Å². The summed E-state index contributed by atoms with van der Waals surface area (Å²) < 4.78 is 0. The molecule has 16 heavy (non-hydrogen) atoms. The summed E-state index contributed by atoms with van der Waals surface area (Å²) in [6, 6.07) is 4.65. The van der Waals surface area contributed by atoms with E-state index in [1.807, 2.05) is 6.07 Å². The van der Waals surface area contributed by atoms with Gasteiger partial charge in [-0.3, -0.25) is 0 Å². The van der Waals surface area contributed by atoms with Crippen LogP contribution in [-0.4, -0.2) is 29.1 Å². The van der Waals surface area contributed by atoms with Crippen molar-refractivity contribution in [3.63, 3.8) is 0 Å². The van der Waals surface area contributed by atoms with Gasteiger partial charge in [-0.25, -0.2) is 9.78 Å². The maximum absolute atomic E-state index is 10.8. The van der Waals surface area contributed by atoms with Crippen LogP contribution in [0.1, 0.15) is 18.2 Å². The van der Waals surface area contributed by atoms with Crippen LogP contribution in [0.4, 0.5) is 5.82 Å². The zero-order valence-electron chi connectivity index (χ0n) is 9.43. The number of anilines is 1. The fourth-order valence-electron chi connectivity index (χ4n) is 1.23. The Morgan fingerprint density at radius 1 is 1.62 bits per heavy atom. The minimum absolute atomic E-state index is 0.500. The molecule has 0 spiro atoms. The van der Waals surface area contributed by atoms with E-state index in [1.165, 1.54) is 0 Å². The van der Waals surface area contributed by atoms with Crippen LogP contribution in [0.2, 0.25) is 0 Å². The van der Waals surface area contributed by atoms with Gasteiger partial charge in [-0.15, -0.1) is 0 Å². The van der Waals surface area contributed by atoms with Crippen LogP contribution in [0.5, 0.6) is 0 Å². The van der Waals surface area contributed by atoms with Crippen LogP contribution in [0.15, 0.2) is 12.1 Å². The molecule has 0 aliphatic carbocycles. The van der Waals surface area contributed by atoms with Crippen LogP contribution in [0, 0.1) is 18.3 Å². The van der Waals surface area contributed by atoms with Gasteiger partial charge in [0.2, 0.25) is 0 Å². The van der Waals surface area contributed by atoms with E-state index in [9.17, 15) is 4.79 Å². The minimum atomic E-state index is -0.911. The highest BCUT2D eigenvalue weighted by Gasteiger charge is 2.18. The van der Waals surface area contributed by atoms with Crippen molar-refractivity contribution in [2.24, 2.45) is 0 Å². The number of aryl methyl sites for hydroxylation is 1. The number of rotatable bonds is 3. The molecular formula is C11H13N3O2. The number of hydrogen-bond acceptors (Lipinski definition) is 4. The number of carboxylic acids is 1. The fraction of sp³-hybridized carbons (Fsp3) is 0.364. The SMILES string of the molecule is Cc1nc(N(C)C(C)C(=O)O)ccc1C#N. The molecule has 0 fully saturated rings. The topological polar surface area (TPSA) is 77.2 Å². The summed E-state index contributed by atoms with van der Waals surface area (Å²) in [7, 11) is 1.66. The first kappa shape index (κ1) is 12.0. The quantitative estimate of drug-likeness (QED) is 0.825. The number of nitriles is 1. The molecule has 0 radical (unpaired) electrons. The second-order valence-corrected chi connectivity index (χ2v) is 3.54. The Bertz CT molecular complexity index is 451. The third-order valence-corrected chi connectivity index (χ3v) is 2.49. The van der Waals surface area contributed by atoms with Crippen molar-refractivity contribution in [1.29, 1.82) is 5.26 Å². The van der Waals surface area contributed by atoms with Crippen molar-refractivity contribution >= 4 is 11.8 Å². The Morgan fingerprint density at radius 3 is 2.69 bits per heavy atom. The predicted octanol–water partition coefficient (Wildman–Crippen LogP) is 1.17. The highest BCUT2D eigenvalue weighted by molar-refractivity contribution is 5.77. The van der Waals surface area contributed by atoms with Gasteiger partial charge < -0.3 is 10.0 Å². The Labute approximate surface area is 93.9 Å². The molecule has 5 heteroatoms. The van der Waals surface area contributed by atoms with E-state index in [2.05, 4.69) is 4.98 Å². The number of aromatic nitrogens is 1. The van der Waals surface area contributed by atoms with E-state index in [1.54, 1.807) is 37.9 Å². The van der Waals surface area contributed by atoms with Crippen molar-refractivity contribution in [3.8, 4) is 6.07 Å². The summed E-state index contributed by atoms with van der Waals surface area (Å²) in [5.41, 5.74) is 1.10. The zero-order valence-corrected chi connectivity index (χ0v) is 9.43. The van der Waals surface area contributed by atoms with Crippen LogP contribution in [0.25, 0.3) is 0 Å². The van der Waals surface area contributed by atoms with Crippen LogP contribution in [0.3, 0.4) is 0 Å². The van der Waals surface area contributed by atoms with Crippen molar-refractivity contribution in [2.45, 2.75) is 19.9 Å². The van der Waals surface area contributed by atoms with Gasteiger partial charge in [0.05, 0.1) is 11.3 Å². The Morgan fingerprint density at radius 2 is 2.25 bits per heavy atom. The summed E-state index contributed by atoms with van der Waals surface area (Å²) >= 11 is 0. The maximum atomic E-state index is 10.8. The second-order valence-electron chi connectivity index (χ2n) is 3.54. The van der Waals surface area contributed by atoms with Crippen molar-refractivity contribution in [1.82, 2.24) is 4.98 Å². The predicted molar refractivity (Wildman–Crippen MR) is 59.2 cm³/mol. The molecule has 1 N–H and O–H groups in total. The average molecular weight is 219 g/mol. The van der Waals surface area contributed by atoms with Crippen LogP contribution in [-0.2, 0) is 4.79 Å². The van der Waals surface area contributed by atoms with E-state index in [4.69, 9.17) is 10.4 Å². The van der Waals surface area contributed by atoms with E-state index in [0.29, 0.717) is 17.1 Å². The van der Waals surface area contributed by atoms with Crippen molar-refractivity contribution in [2.75, 3.05) is 11.9 Å². The summed E-state index contributed by atoms with van der Waals surface area (Å²) in [6.45, 7) is 3.30. The number of aliphatic carboxylic acids is 1. The summed E-state index contributed by atoms with van der Waals surface area (Å²) in [6.07, 6.45) is 0. The van der Waals surface area contributed by atoms with Crippen molar-refractivity contribution in [3.05, 3.63) is 23.4 Å². The molecule has 0 amide bonds. The molecule has 0 saturated heterocycles. The number of likely N-dealkylation sites (N-methyl/N-ethyl adjacent to an activating group) is 1. The number of carbonyl (C=O) groups is 1. The number of nitrogens with zero attached hydrogens (tertiary/aromatic N) is 3. The molecule has 84 valence electrons. The maximum Gasteiger partial charge on any atom is 0.326 e. The third-order valence-electron chi connectivity index (χ3n) is 2.49. The van der Waals surface area contributed by atoms with Gasteiger partial charge in [0.1, 0.15) is 17.9 Å². The molecule has 0 aliphatic rings. The molecule has 0 bridgehead atoms. The number of hydrogen-bond donors (Lipinski definition) is 1. The molecule has 0 aromatic carbocycles. The smallest absolute Gasteiger partial charge is 0.326 e. The minimum Gasteiger partial charge on any atom is -0.480 e. The van der Waals surface area contributed by atoms with E-state index >= 15 is 0 Å². The molecule has 1 aromatic rings. The molecule has 5 nitrogen and oxygen atoms in total. The Kier molecular flexibility index (Phi) is 3.46. The summed E-state index contributed by atoms with van der Waals surface area (Å²) in [4.78, 5) is 16.5. The molecule has 1 aromatic heterocycles. The highest BCUT2D eigenvalue weighted by atomic mass is 16.4. The molecule has 1 heterocycles. The van der Waals surface area contributed by atoms with E-state index < -0.39 is 12.0 Å². The molecule has 0 aliphatic heterocycles. The first-order chi connectivity index (χ1) is 7.47. The fourth-order valence-corrected chi connectivity index (χ4v) is 1.23. The lowest BCUT2D eigenvalue weighted by Crippen LogP contribution is -2.36. The average Bonchev–Trinajstić information content (AvgIpc) is 2.26.